The van der Waals surface area contributed by atoms with Gasteiger partial charge in [-0.05, 0) is 30.5 Å². The molecule has 3 amide bonds. The Bertz CT molecular complexity index is 858. The van der Waals surface area contributed by atoms with Gasteiger partial charge < -0.3 is 19.9 Å². The summed E-state index contributed by atoms with van der Waals surface area (Å²) in [6.45, 7) is 1.49. The van der Waals surface area contributed by atoms with Crippen LogP contribution >= 0.6 is 23.2 Å². The second-order valence-corrected chi connectivity index (χ2v) is 8.36. The molecule has 3 aliphatic heterocycles. The van der Waals surface area contributed by atoms with Gasteiger partial charge in [-0.1, -0.05) is 29.3 Å². The van der Waals surface area contributed by atoms with Crippen molar-refractivity contribution in [2.45, 2.75) is 37.6 Å². The number of imide groups is 1. The van der Waals surface area contributed by atoms with Crippen LogP contribution in [0.2, 0.25) is 10.0 Å². The van der Waals surface area contributed by atoms with Crippen LogP contribution in [0.25, 0.3) is 0 Å². The van der Waals surface area contributed by atoms with Gasteiger partial charge in [0.15, 0.2) is 18.2 Å². The zero-order valence-corrected chi connectivity index (χ0v) is 17.8. The summed E-state index contributed by atoms with van der Waals surface area (Å²) in [5, 5.41) is 4.18. The minimum absolute atomic E-state index is 0.120. The van der Waals surface area contributed by atoms with Crippen LogP contribution in [0.3, 0.4) is 0 Å². The van der Waals surface area contributed by atoms with Crippen molar-refractivity contribution >= 4 is 41.1 Å². The Morgan fingerprint density at radius 1 is 1.21 bits per heavy atom. The van der Waals surface area contributed by atoms with E-state index in [0.717, 1.165) is 25.0 Å². The highest BCUT2D eigenvalue weighted by atomic mass is 35.5. The quantitative estimate of drug-likeness (QED) is 0.780. The van der Waals surface area contributed by atoms with Crippen LogP contribution in [0, 0.1) is 0 Å². The van der Waals surface area contributed by atoms with Crippen molar-refractivity contribution in [1.29, 1.82) is 0 Å². The average Bonchev–Trinajstić information content (AvgIpc) is 3.03. The van der Waals surface area contributed by atoms with Gasteiger partial charge in [-0.25, -0.2) is 9.79 Å². The Labute approximate surface area is 179 Å². The third-order valence-corrected chi connectivity index (χ3v) is 6.29. The molecule has 3 aliphatic rings. The lowest BCUT2D eigenvalue weighted by Gasteiger charge is -2.40. The number of carbonyl (C=O) groups excluding carboxylic acids is 2. The minimum Gasteiger partial charge on any atom is -0.379 e. The number of hydrogen-bond donors (Lipinski definition) is 1. The number of nitrogens with one attached hydrogen (secondary N) is 1. The van der Waals surface area contributed by atoms with Crippen LogP contribution in [0.1, 0.15) is 18.4 Å². The number of ether oxygens (including phenoxy) is 1. The highest BCUT2D eigenvalue weighted by molar-refractivity contribution is 6.42. The second-order valence-electron chi connectivity index (χ2n) is 7.55. The zero-order valence-electron chi connectivity index (χ0n) is 16.3. The summed E-state index contributed by atoms with van der Waals surface area (Å²) in [5.41, 5.74) is 0.729. The summed E-state index contributed by atoms with van der Waals surface area (Å²) >= 11 is 12.0. The Morgan fingerprint density at radius 3 is 2.69 bits per heavy atom. The van der Waals surface area contributed by atoms with E-state index in [1.165, 1.54) is 9.80 Å². The predicted molar refractivity (Wildman–Crippen MR) is 110 cm³/mol. The molecule has 1 N–H and O–H groups in total. The normalized spacial score (nSPS) is 27.2. The van der Waals surface area contributed by atoms with Crippen molar-refractivity contribution in [2.24, 2.45) is 4.99 Å². The van der Waals surface area contributed by atoms with E-state index in [1.54, 1.807) is 25.2 Å². The van der Waals surface area contributed by atoms with Crippen molar-refractivity contribution in [3.8, 4) is 0 Å². The van der Waals surface area contributed by atoms with Crippen LogP contribution in [0.4, 0.5) is 4.79 Å². The van der Waals surface area contributed by atoms with Crippen LogP contribution in [0.15, 0.2) is 23.2 Å². The summed E-state index contributed by atoms with van der Waals surface area (Å²) in [5.74, 6) is 0.326. The van der Waals surface area contributed by atoms with Gasteiger partial charge in [-0.3, -0.25) is 9.69 Å². The Morgan fingerprint density at radius 2 is 2.00 bits per heavy atom. The van der Waals surface area contributed by atoms with Crippen LogP contribution in [0.5, 0.6) is 0 Å². The number of nitrogens with zero attached hydrogens (tertiary/aromatic N) is 4. The molecule has 4 rings (SSSR count). The largest absolute Gasteiger partial charge is 0.379 e. The van der Waals surface area contributed by atoms with E-state index in [-0.39, 0.29) is 24.5 Å². The molecule has 3 atom stereocenters. The Balaban J connectivity index is 1.53. The topological polar surface area (TPSA) is 77.5 Å². The van der Waals surface area contributed by atoms with Crippen molar-refractivity contribution in [2.75, 3.05) is 27.3 Å². The average molecular weight is 440 g/mol. The van der Waals surface area contributed by atoms with Gasteiger partial charge in [0.25, 0.3) is 5.91 Å². The van der Waals surface area contributed by atoms with E-state index < -0.39 is 12.2 Å². The fraction of sp³-hybridized carbons (Fsp3) is 0.526. The van der Waals surface area contributed by atoms with Crippen molar-refractivity contribution in [3.63, 3.8) is 0 Å². The lowest BCUT2D eigenvalue weighted by Crippen LogP contribution is -2.64. The molecule has 2 unspecified atom stereocenters. The summed E-state index contributed by atoms with van der Waals surface area (Å²) < 4.78 is 5.51. The predicted octanol–water partition coefficient (Wildman–Crippen LogP) is 2.15. The Hall–Kier alpha value is -2.03. The first kappa shape index (κ1) is 20.3. The van der Waals surface area contributed by atoms with Crippen LogP contribution in [-0.2, 0) is 16.1 Å². The molecule has 0 radical (unpaired) electrons. The summed E-state index contributed by atoms with van der Waals surface area (Å²) in [7, 11) is 3.48. The second kappa shape index (κ2) is 8.01. The number of guanidine groups is 1. The molecule has 10 heteroatoms. The number of rotatable bonds is 3. The number of fused-ring (bicyclic) bond motifs is 1. The monoisotopic (exact) mass is 439 g/mol. The molecule has 0 spiro atoms. The van der Waals surface area contributed by atoms with Crippen molar-refractivity contribution in [3.05, 3.63) is 33.8 Å². The third kappa shape index (κ3) is 3.76. The molecular weight excluding hydrogens is 417 g/mol. The van der Waals surface area contributed by atoms with E-state index in [9.17, 15) is 9.59 Å². The number of carbonyl (C=O) groups is 2. The maximum Gasteiger partial charge on any atom is 0.328 e. The van der Waals surface area contributed by atoms with Crippen LogP contribution in [-0.4, -0.2) is 78.2 Å². The van der Waals surface area contributed by atoms with Gasteiger partial charge in [0.1, 0.15) is 0 Å². The van der Waals surface area contributed by atoms with E-state index in [2.05, 4.69) is 10.3 Å². The van der Waals surface area contributed by atoms with Gasteiger partial charge in [0.05, 0.1) is 29.2 Å². The number of halogens is 2. The molecule has 0 aromatic heterocycles. The van der Waals surface area contributed by atoms with Gasteiger partial charge >= 0.3 is 6.03 Å². The maximum absolute atomic E-state index is 13.2. The van der Waals surface area contributed by atoms with Crippen molar-refractivity contribution < 1.29 is 14.3 Å². The summed E-state index contributed by atoms with van der Waals surface area (Å²) in [6, 6.07) is 4.26. The maximum atomic E-state index is 13.2. The molecule has 2 fully saturated rings. The lowest BCUT2D eigenvalue weighted by atomic mass is 10.1. The smallest absolute Gasteiger partial charge is 0.328 e. The van der Waals surface area contributed by atoms with Crippen LogP contribution < -0.4 is 5.32 Å². The number of likely N-dealkylation sites (N-methyl/N-ethyl adjacent to an activating group) is 2. The molecular formula is C19H23Cl2N5O3. The van der Waals surface area contributed by atoms with Gasteiger partial charge in [0.2, 0.25) is 0 Å². The molecule has 29 heavy (non-hydrogen) atoms. The molecule has 1 aromatic carbocycles. The molecule has 8 nitrogen and oxygen atoms in total. The summed E-state index contributed by atoms with van der Waals surface area (Å²) in [6.07, 6.45) is 1.40. The lowest BCUT2D eigenvalue weighted by molar-refractivity contribution is -0.137. The van der Waals surface area contributed by atoms with Gasteiger partial charge in [-0.2, -0.15) is 0 Å². The zero-order chi connectivity index (χ0) is 20.7. The fourth-order valence-corrected chi connectivity index (χ4v) is 4.23. The first-order valence-electron chi connectivity index (χ1n) is 9.54. The number of aliphatic imine (C=N–C) groups is 1. The molecule has 3 heterocycles. The Kier molecular flexibility index (Phi) is 5.59. The third-order valence-electron chi connectivity index (χ3n) is 5.56. The summed E-state index contributed by atoms with van der Waals surface area (Å²) in [4.78, 5) is 35.3. The molecule has 156 valence electrons. The highest BCUT2D eigenvalue weighted by Gasteiger charge is 2.51. The first-order valence-corrected chi connectivity index (χ1v) is 10.3. The van der Waals surface area contributed by atoms with E-state index in [4.69, 9.17) is 27.9 Å². The molecule has 0 aliphatic carbocycles. The SMILES string of the molecule is CN1C(=O)N(Cc2ccc(Cl)c(Cl)c2)C(=O)C2C1N=C(N[C@@H]1CCCOC1)N2C. The number of amides is 3. The molecule has 0 bridgehead atoms. The molecule has 1 aromatic rings. The van der Waals surface area contributed by atoms with E-state index >= 15 is 0 Å². The number of benzene rings is 1. The minimum atomic E-state index is -0.576. The highest BCUT2D eigenvalue weighted by Crippen LogP contribution is 2.29. The number of urea groups is 1. The fourth-order valence-electron chi connectivity index (χ4n) is 3.91. The van der Waals surface area contributed by atoms with Gasteiger partial charge in [-0.15, -0.1) is 0 Å². The number of hydrogen-bond acceptors (Lipinski definition) is 6. The van der Waals surface area contributed by atoms with Gasteiger partial charge in [0, 0.05) is 20.7 Å². The van der Waals surface area contributed by atoms with E-state index in [0.29, 0.717) is 22.6 Å². The van der Waals surface area contributed by atoms with Crippen molar-refractivity contribution in [1.82, 2.24) is 20.0 Å². The molecule has 2 saturated heterocycles. The molecule has 0 saturated carbocycles. The van der Waals surface area contributed by atoms with E-state index in [1.807, 2.05) is 11.9 Å². The first-order chi connectivity index (χ1) is 13.9. The standard InChI is InChI=1S/C19H23Cl2N5O3/c1-24-15-16(23-18(24)22-12-4-3-7-29-10-12)25(2)19(28)26(17(15)27)9-11-5-6-13(20)14(21)8-11/h5-6,8,12,15-16H,3-4,7,9-10H2,1-2H3,(H,22,23)/t12-,15?,16?/m1/s1.